The Labute approximate surface area is 50.9 Å². The summed E-state index contributed by atoms with van der Waals surface area (Å²) in [5, 5.41) is 6.99. The van der Waals surface area contributed by atoms with Crippen LogP contribution >= 0.6 is 0 Å². The molecule has 0 rings (SSSR count). The van der Waals surface area contributed by atoms with Crippen molar-refractivity contribution in [3.8, 4) is 0 Å². The number of nitrogens with one attached hydrogen (secondary N) is 1. The molecular weight excluding hydrogens is 98.1 g/mol. The Hall–Kier alpha value is -0.590. The predicted octanol–water partition coefficient (Wildman–Crippen LogP) is 2.38. The fraction of sp³-hybridized carbons (Fsp3) is 0.571. The minimum Gasteiger partial charge on any atom is -0.306 e. The van der Waals surface area contributed by atoms with Crippen molar-refractivity contribution in [1.29, 1.82) is 5.41 Å². The molecule has 0 saturated heterocycles. The minimum absolute atomic E-state index is 0.637. The van der Waals surface area contributed by atoms with E-state index in [1.165, 1.54) is 6.42 Å². The highest BCUT2D eigenvalue weighted by atomic mass is 14.4. The van der Waals surface area contributed by atoms with E-state index >= 15 is 0 Å². The second-order valence-electron chi connectivity index (χ2n) is 1.87. The molecule has 0 atom stereocenters. The number of hydrogen-bond donors (Lipinski definition) is 1. The molecule has 0 saturated carbocycles. The molecule has 0 fully saturated rings. The van der Waals surface area contributed by atoms with Crippen LogP contribution in [0.1, 0.15) is 26.7 Å². The van der Waals surface area contributed by atoms with Crippen molar-refractivity contribution >= 4 is 5.71 Å². The lowest BCUT2D eigenvalue weighted by molar-refractivity contribution is 0.959. The molecule has 0 aliphatic heterocycles. The molecule has 0 aromatic rings. The summed E-state index contributed by atoms with van der Waals surface area (Å²) in [6, 6.07) is 0. The lowest BCUT2D eigenvalue weighted by atomic mass is 10.3. The van der Waals surface area contributed by atoms with Crippen molar-refractivity contribution in [3.05, 3.63) is 12.2 Å². The Kier molecular flexibility index (Phi) is 4.23. The molecule has 0 spiro atoms. The highest BCUT2D eigenvalue weighted by Crippen LogP contribution is 1.87. The summed E-state index contributed by atoms with van der Waals surface area (Å²) >= 11 is 0. The molecule has 1 nitrogen and oxygen atoms in total. The summed E-state index contributed by atoms with van der Waals surface area (Å²) in [5.74, 6) is 0. The third kappa shape index (κ3) is 5.41. The van der Waals surface area contributed by atoms with Gasteiger partial charge in [0.05, 0.1) is 0 Å². The molecule has 0 aliphatic carbocycles. The van der Waals surface area contributed by atoms with Crippen LogP contribution in [0.5, 0.6) is 0 Å². The van der Waals surface area contributed by atoms with Crippen molar-refractivity contribution in [2.45, 2.75) is 26.7 Å². The maximum atomic E-state index is 6.99. The highest BCUT2D eigenvalue weighted by Gasteiger charge is 1.74. The molecule has 1 heteroatoms. The molecule has 8 heavy (non-hydrogen) atoms. The molecular formula is C7H13N. The van der Waals surface area contributed by atoms with Crippen LogP contribution < -0.4 is 0 Å². The van der Waals surface area contributed by atoms with E-state index in [1.807, 2.05) is 12.2 Å². The van der Waals surface area contributed by atoms with Crippen LogP contribution in [0.3, 0.4) is 0 Å². The average molecular weight is 111 g/mol. The molecule has 0 heterocycles. The van der Waals surface area contributed by atoms with E-state index in [2.05, 4.69) is 6.92 Å². The second-order valence-corrected chi connectivity index (χ2v) is 1.87. The van der Waals surface area contributed by atoms with Crippen LogP contribution in [0.2, 0.25) is 0 Å². The largest absolute Gasteiger partial charge is 0.306 e. The van der Waals surface area contributed by atoms with Gasteiger partial charge in [-0.15, -0.1) is 0 Å². The summed E-state index contributed by atoms with van der Waals surface area (Å²) in [4.78, 5) is 0. The minimum atomic E-state index is 0.637. The molecule has 0 radical (unpaired) electrons. The molecule has 46 valence electrons. The Balaban J connectivity index is 3.20. The molecule has 0 aliphatic rings. The first kappa shape index (κ1) is 7.41. The predicted molar refractivity (Wildman–Crippen MR) is 37.4 cm³/mol. The molecule has 1 N–H and O–H groups in total. The third-order valence-electron chi connectivity index (χ3n) is 0.823. The molecule has 0 amide bonds. The molecule has 0 unspecified atom stereocenters. The topological polar surface area (TPSA) is 23.9 Å². The maximum Gasteiger partial charge on any atom is 0.0279 e. The smallest absolute Gasteiger partial charge is 0.0279 e. The summed E-state index contributed by atoms with van der Waals surface area (Å²) in [7, 11) is 0. The SMILES string of the molecule is CCC/C=C\C(C)=N. The van der Waals surface area contributed by atoms with Crippen molar-refractivity contribution in [2.75, 3.05) is 0 Å². The van der Waals surface area contributed by atoms with Crippen LogP contribution in [0.25, 0.3) is 0 Å². The first-order valence-electron chi connectivity index (χ1n) is 2.99. The van der Waals surface area contributed by atoms with Crippen LogP contribution in [0.4, 0.5) is 0 Å². The van der Waals surface area contributed by atoms with Crippen LogP contribution in [-0.2, 0) is 0 Å². The summed E-state index contributed by atoms with van der Waals surface area (Å²) in [5.41, 5.74) is 0.637. The number of rotatable bonds is 3. The summed E-state index contributed by atoms with van der Waals surface area (Å²) in [6.07, 6.45) is 6.13. The van der Waals surface area contributed by atoms with E-state index in [0.717, 1.165) is 6.42 Å². The van der Waals surface area contributed by atoms with Gasteiger partial charge in [0.15, 0.2) is 0 Å². The lowest BCUT2D eigenvalue weighted by Gasteiger charge is -1.82. The van der Waals surface area contributed by atoms with Gasteiger partial charge >= 0.3 is 0 Å². The maximum absolute atomic E-state index is 6.99. The number of hydrogen-bond acceptors (Lipinski definition) is 1. The van der Waals surface area contributed by atoms with Crippen LogP contribution in [-0.4, -0.2) is 5.71 Å². The Bertz CT molecular complexity index is 92.6. The first-order valence-corrected chi connectivity index (χ1v) is 2.99. The van der Waals surface area contributed by atoms with E-state index in [9.17, 15) is 0 Å². The van der Waals surface area contributed by atoms with Gasteiger partial charge in [0, 0.05) is 5.71 Å². The zero-order valence-electron chi connectivity index (χ0n) is 5.57. The van der Waals surface area contributed by atoms with Gasteiger partial charge in [-0.05, 0) is 19.4 Å². The van der Waals surface area contributed by atoms with Gasteiger partial charge in [0.25, 0.3) is 0 Å². The monoisotopic (exact) mass is 111 g/mol. The fourth-order valence-electron chi connectivity index (χ4n) is 0.427. The van der Waals surface area contributed by atoms with Gasteiger partial charge in [0.2, 0.25) is 0 Å². The number of allylic oxidation sites excluding steroid dienone is 2. The van der Waals surface area contributed by atoms with Gasteiger partial charge < -0.3 is 5.41 Å². The van der Waals surface area contributed by atoms with E-state index in [4.69, 9.17) is 5.41 Å². The van der Waals surface area contributed by atoms with Crippen LogP contribution in [0, 0.1) is 5.41 Å². The summed E-state index contributed by atoms with van der Waals surface area (Å²) < 4.78 is 0. The van der Waals surface area contributed by atoms with Crippen molar-refractivity contribution < 1.29 is 0 Å². The normalized spacial score (nSPS) is 10.2. The molecule has 0 aromatic carbocycles. The lowest BCUT2D eigenvalue weighted by Crippen LogP contribution is -1.76. The van der Waals surface area contributed by atoms with Gasteiger partial charge in [-0.1, -0.05) is 19.4 Å². The van der Waals surface area contributed by atoms with E-state index in [-0.39, 0.29) is 0 Å². The highest BCUT2D eigenvalue weighted by molar-refractivity contribution is 5.89. The third-order valence-corrected chi connectivity index (χ3v) is 0.823. The molecule has 0 bridgehead atoms. The van der Waals surface area contributed by atoms with Gasteiger partial charge in [-0.3, -0.25) is 0 Å². The Morgan fingerprint density at radius 1 is 1.62 bits per heavy atom. The zero-order chi connectivity index (χ0) is 6.41. The quantitative estimate of drug-likeness (QED) is 0.541. The Morgan fingerprint density at radius 2 is 2.25 bits per heavy atom. The Morgan fingerprint density at radius 3 is 2.62 bits per heavy atom. The number of unbranched alkanes of at least 4 members (excludes halogenated alkanes) is 1. The van der Waals surface area contributed by atoms with E-state index < -0.39 is 0 Å². The van der Waals surface area contributed by atoms with Crippen LogP contribution in [0.15, 0.2) is 12.2 Å². The van der Waals surface area contributed by atoms with Crippen molar-refractivity contribution in [2.24, 2.45) is 0 Å². The molecule has 0 aromatic heterocycles. The average Bonchev–Trinajstić information content (AvgIpc) is 1.66. The fourth-order valence-corrected chi connectivity index (χ4v) is 0.427. The standard InChI is InChI=1S/C7H13N/c1-3-4-5-6-7(2)8/h5-6,8H,3-4H2,1-2H3/b6-5-,8-7?. The van der Waals surface area contributed by atoms with Gasteiger partial charge in [0.1, 0.15) is 0 Å². The van der Waals surface area contributed by atoms with Gasteiger partial charge in [-0.2, -0.15) is 0 Å². The van der Waals surface area contributed by atoms with Crippen molar-refractivity contribution in [1.82, 2.24) is 0 Å². The van der Waals surface area contributed by atoms with Crippen molar-refractivity contribution in [3.63, 3.8) is 0 Å². The zero-order valence-corrected chi connectivity index (χ0v) is 5.57. The second kappa shape index (κ2) is 4.57. The van der Waals surface area contributed by atoms with E-state index in [0.29, 0.717) is 5.71 Å². The summed E-state index contributed by atoms with van der Waals surface area (Å²) in [6.45, 7) is 3.91. The van der Waals surface area contributed by atoms with E-state index in [1.54, 1.807) is 6.92 Å². The van der Waals surface area contributed by atoms with Gasteiger partial charge in [-0.25, -0.2) is 0 Å². The first-order chi connectivity index (χ1) is 3.77.